The molecular weight excluding hydrogens is 445 g/mol. The first-order valence-corrected chi connectivity index (χ1v) is 11.4. The number of non-ortho nitro benzene ring substituents is 1. The van der Waals surface area contributed by atoms with Gasteiger partial charge >= 0.3 is 6.09 Å². The average Bonchev–Trinajstić information content (AvgIpc) is 2.62. The molecule has 0 spiro atoms. The van der Waals surface area contributed by atoms with Gasteiger partial charge in [0.1, 0.15) is 27.5 Å². The third-order valence-corrected chi connectivity index (χ3v) is 8.40. The quantitative estimate of drug-likeness (QED) is 0.504. The number of nitro benzene ring substituents is 1. The van der Waals surface area contributed by atoms with Gasteiger partial charge < -0.3 is 9.84 Å². The molecule has 12 heteroatoms. The second-order valence-corrected chi connectivity index (χ2v) is 11.9. The van der Waals surface area contributed by atoms with Crippen molar-refractivity contribution in [2.24, 2.45) is 4.99 Å². The number of amides is 1. The number of aliphatic hydroxyl groups is 1. The van der Waals surface area contributed by atoms with Crippen molar-refractivity contribution in [1.82, 2.24) is 5.32 Å². The number of halogens is 1. The number of aliphatic hydroxyl groups excluding tert-OH is 1. The van der Waals surface area contributed by atoms with Gasteiger partial charge in [-0.15, -0.1) is 0 Å². The van der Waals surface area contributed by atoms with Gasteiger partial charge in [-0.1, -0.05) is 0 Å². The first kappa shape index (κ1) is 25.7. The summed E-state index contributed by atoms with van der Waals surface area (Å²) in [6.45, 7) is 8.28. The molecule has 32 heavy (non-hydrogen) atoms. The number of alkyl carbamates (subject to hydrolysis) is 1. The van der Waals surface area contributed by atoms with Gasteiger partial charge in [-0.05, 0) is 54.0 Å². The van der Waals surface area contributed by atoms with Crippen LogP contribution < -0.4 is 5.32 Å². The Morgan fingerprint density at radius 3 is 2.44 bits per heavy atom. The predicted molar refractivity (Wildman–Crippen MR) is 116 cm³/mol. The normalized spacial score (nSPS) is 24.4. The summed E-state index contributed by atoms with van der Waals surface area (Å²) in [4.78, 5) is 27.3. The largest absolute Gasteiger partial charge is 0.444 e. The number of carbonyl (C=O) groups is 1. The zero-order chi connectivity index (χ0) is 24.7. The number of hydrogen-bond acceptors (Lipinski definition) is 8. The Morgan fingerprint density at radius 2 is 1.94 bits per heavy atom. The number of rotatable bonds is 4. The monoisotopic (exact) mass is 473 g/mol. The van der Waals surface area contributed by atoms with Crippen molar-refractivity contribution in [3.8, 4) is 0 Å². The number of nitro groups is 1. The molecule has 2 unspecified atom stereocenters. The van der Waals surface area contributed by atoms with E-state index in [-0.39, 0.29) is 17.8 Å². The first-order valence-electron chi connectivity index (χ1n) is 9.86. The Kier molecular flexibility index (Phi) is 6.73. The summed E-state index contributed by atoms with van der Waals surface area (Å²) in [7, 11) is -4.21. The number of carbonyl (C=O) groups excluding carboxylic acids is 1. The molecule has 0 saturated heterocycles. The summed E-state index contributed by atoms with van der Waals surface area (Å²) in [5.41, 5.74) is -3.55. The Hall–Kier alpha value is -2.60. The molecule has 0 bridgehead atoms. The van der Waals surface area contributed by atoms with Crippen LogP contribution in [0.1, 0.15) is 53.5 Å². The molecular formula is C20H28FN3O7S. The second-order valence-electron chi connectivity index (χ2n) is 9.21. The molecule has 0 aliphatic carbocycles. The van der Waals surface area contributed by atoms with E-state index in [0.717, 1.165) is 18.2 Å². The number of amidine groups is 1. The summed E-state index contributed by atoms with van der Waals surface area (Å²) >= 11 is 0. The van der Waals surface area contributed by atoms with E-state index in [2.05, 4.69) is 10.3 Å². The lowest BCUT2D eigenvalue weighted by molar-refractivity contribution is -0.385. The van der Waals surface area contributed by atoms with E-state index in [1.165, 1.54) is 20.8 Å². The van der Waals surface area contributed by atoms with Crippen molar-refractivity contribution in [1.29, 1.82) is 0 Å². The predicted octanol–water partition coefficient (Wildman–Crippen LogP) is 2.83. The highest BCUT2D eigenvalue weighted by Gasteiger charge is 2.58. The van der Waals surface area contributed by atoms with Crippen LogP contribution in [0, 0.1) is 15.9 Å². The van der Waals surface area contributed by atoms with E-state index in [1.807, 2.05) is 0 Å². The molecule has 1 aromatic rings. The molecule has 0 saturated carbocycles. The second kappa shape index (κ2) is 8.39. The summed E-state index contributed by atoms with van der Waals surface area (Å²) in [6, 6.07) is 2.73. The maximum atomic E-state index is 14.9. The minimum atomic E-state index is -4.21. The summed E-state index contributed by atoms with van der Waals surface area (Å²) in [5, 5.41) is 21.7. The Balaban J connectivity index is 2.78. The SMILES string of the molecule is CC(C)(C)OC(=O)NC1=NC(C)(c2cc([N+](=O)[O-])ccc2F)C(CCO)S(=O)(=O)C1(C)C. The topological polar surface area (TPSA) is 148 Å². The zero-order valence-corrected chi connectivity index (χ0v) is 19.6. The van der Waals surface area contributed by atoms with Crippen LogP contribution in [0.3, 0.4) is 0 Å². The smallest absolute Gasteiger partial charge is 0.413 e. The van der Waals surface area contributed by atoms with Crippen molar-refractivity contribution < 1.29 is 32.4 Å². The van der Waals surface area contributed by atoms with Gasteiger partial charge in [-0.25, -0.2) is 17.6 Å². The highest BCUT2D eigenvalue weighted by Crippen LogP contribution is 2.45. The minimum Gasteiger partial charge on any atom is -0.444 e. The summed E-state index contributed by atoms with van der Waals surface area (Å²) in [6.07, 6.45) is -1.25. The van der Waals surface area contributed by atoms with E-state index in [4.69, 9.17) is 4.74 Å². The van der Waals surface area contributed by atoms with Gasteiger partial charge in [0.15, 0.2) is 9.84 Å². The lowest BCUT2D eigenvalue weighted by Crippen LogP contribution is -2.62. The van der Waals surface area contributed by atoms with Crippen molar-refractivity contribution in [2.75, 3.05) is 6.61 Å². The third kappa shape index (κ3) is 4.60. The lowest BCUT2D eigenvalue weighted by atomic mass is 9.86. The van der Waals surface area contributed by atoms with Crippen LogP contribution in [0.2, 0.25) is 0 Å². The van der Waals surface area contributed by atoms with Crippen LogP contribution >= 0.6 is 0 Å². The van der Waals surface area contributed by atoms with E-state index in [0.29, 0.717) is 0 Å². The standard InChI is InChI=1S/C20H28FN3O7S/c1-18(2,3)31-17(26)22-16-19(4,5)32(29,30)15(9-10-25)20(6,23-16)13-11-12(24(27)28)7-8-14(13)21/h7-8,11,15,25H,9-10H2,1-6H3,(H,22,23,26). The van der Waals surface area contributed by atoms with Crippen LogP contribution in [0.5, 0.6) is 0 Å². The molecule has 2 N–H and O–H groups in total. The fourth-order valence-electron chi connectivity index (χ4n) is 3.61. The van der Waals surface area contributed by atoms with Crippen LogP contribution in [0.15, 0.2) is 23.2 Å². The van der Waals surface area contributed by atoms with Crippen LogP contribution in [0.25, 0.3) is 0 Å². The van der Waals surface area contributed by atoms with Gasteiger partial charge in [0.05, 0.1) is 10.2 Å². The number of sulfone groups is 1. The molecule has 0 radical (unpaired) electrons. The van der Waals surface area contributed by atoms with Gasteiger partial charge in [0, 0.05) is 24.3 Å². The number of hydrogen-bond donors (Lipinski definition) is 2. The molecule has 1 heterocycles. The van der Waals surface area contributed by atoms with Crippen LogP contribution in [-0.2, 0) is 20.1 Å². The molecule has 0 aromatic heterocycles. The summed E-state index contributed by atoms with van der Waals surface area (Å²) < 4.78 is 45.5. The molecule has 1 aliphatic rings. The van der Waals surface area contributed by atoms with Gasteiger partial charge in [-0.2, -0.15) is 0 Å². The van der Waals surface area contributed by atoms with Crippen molar-refractivity contribution in [2.45, 2.75) is 69.1 Å². The maximum absolute atomic E-state index is 14.9. The van der Waals surface area contributed by atoms with E-state index >= 15 is 0 Å². The van der Waals surface area contributed by atoms with Gasteiger partial charge in [0.25, 0.3) is 5.69 Å². The number of aliphatic imine (C=N–C) groups is 1. The number of nitrogens with one attached hydrogen (secondary N) is 1. The van der Waals surface area contributed by atoms with E-state index in [9.17, 15) is 32.8 Å². The number of nitrogens with zero attached hydrogens (tertiary/aromatic N) is 2. The Bertz CT molecular complexity index is 1060. The molecule has 1 amide bonds. The molecule has 2 rings (SSSR count). The van der Waals surface area contributed by atoms with E-state index in [1.54, 1.807) is 20.8 Å². The van der Waals surface area contributed by atoms with Crippen molar-refractivity contribution >= 4 is 27.5 Å². The maximum Gasteiger partial charge on any atom is 0.413 e. The fraction of sp³-hybridized carbons (Fsp3) is 0.600. The van der Waals surface area contributed by atoms with Crippen LogP contribution in [0.4, 0.5) is 14.9 Å². The Labute approximate surface area is 185 Å². The number of benzene rings is 1. The number of ether oxygens (including phenoxy) is 1. The Morgan fingerprint density at radius 1 is 1.34 bits per heavy atom. The van der Waals surface area contributed by atoms with Crippen LogP contribution in [-0.4, -0.2) is 52.6 Å². The average molecular weight is 474 g/mol. The fourth-order valence-corrected chi connectivity index (χ4v) is 5.89. The molecule has 178 valence electrons. The molecule has 2 atom stereocenters. The molecule has 1 aromatic carbocycles. The molecule has 10 nitrogen and oxygen atoms in total. The molecule has 1 aliphatic heterocycles. The van der Waals surface area contributed by atoms with E-state index < -0.39 is 60.1 Å². The lowest BCUT2D eigenvalue weighted by Gasteiger charge is -2.44. The highest BCUT2D eigenvalue weighted by atomic mass is 32.2. The van der Waals surface area contributed by atoms with Crippen molar-refractivity contribution in [3.05, 3.63) is 39.7 Å². The minimum absolute atomic E-state index is 0.297. The molecule has 0 fully saturated rings. The van der Waals surface area contributed by atoms with Crippen molar-refractivity contribution in [3.63, 3.8) is 0 Å². The van der Waals surface area contributed by atoms with Gasteiger partial charge in [-0.3, -0.25) is 20.4 Å². The van der Waals surface area contributed by atoms with Gasteiger partial charge in [0.2, 0.25) is 0 Å². The third-order valence-electron chi connectivity index (χ3n) is 5.34. The summed E-state index contributed by atoms with van der Waals surface area (Å²) in [5.74, 6) is -1.20. The zero-order valence-electron chi connectivity index (χ0n) is 18.8. The first-order chi connectivity index (χ1) is 14.5. The highest BCUT2D eigenvalue weighted by molar-refractivity contribution is 7.94.